The molecule has 5 unspecified atom stereocenters. The lowest BCUT2D eigenvalue weighted by molar-refractivity contribution is -0.161. The molecule has 606 valence electrons. The fraction of sp³-hybridized carbons (Fsp3) is 0.812. The molecule has 0 aliphatic carbocycles. The summed E-state index contributed by atoms with van der Waals surface area (Å²) in [5, 5.41) is 10.7. The number of esters is 4. The van der Waals surface area contributed by atoms with Crippen LogP contribution in [-0.4, -0.2) is 96.7 Å². The lowest BCUT2D eigenvalue weighted by Gasteiger charge is -2.21. The molecule has 3 N–H and O–H groups in total. The number of ether oxygens (including phenoxy) is 4. The summed E-state index contributed by atoms with van der Waals surface area (Å²) in [7, 11) is -9.96. The van der Waals surface area contributed by atoms with Crippen LogP contribution in [0.1, 0.15) is 387 Å². The van der Waals surface area contributed by atoms with Crippen LogP contribution in [0.25, 0.3) is 0 Å². The highest BCUT2D eigenvalue weighted by Crippen LogP contribution is 2.45. The monoisotopic (exact) mass is 1510 g/mol. The Morgan fingerprint density at radius 3 is 0.750 bits per heavy atom. The molecule has 0 aromatic heterocycles. The molecule has 0 heterocycles. The SMILES string of the molecule is CCCCC/C=C\C/C=C\C/C=C\CCCCCCCCC(=O)OCC(COP(=O)(O)OCC(O)COP(=O)(O)OCC(COC(=O)CCCCCCC/C=C\CCCCCCCC)OC(=O)CCCCCCCCCCCCCCCCC)OC(=O)CCCCCCC/C=C\C/C=C\CCCCC. The van der Waals surface area contributed by atoms with Gasteiger partial charge in [-0.25, -0.2) is 9.13 Å². The summed E-state index contributed by atoms with van der Waals surface area (Å²) in [6.45, 7) is 4.86. The first kappa shape index (κ1) is 100. The zero-order chi connectivity index (χ0) is 76.0. The molecule has 19 heteroatoms. The van der Waals surface area contributed by atoms with Crippen molar-refractivity contribution in [3.8, 4) is 0 Å². The first-order valence-corrected chi connectivity index (χ1v) is 45.2. The average molecular weight is 1510 g/mol. The molecule has 17 nitrogen and oxygen atoms in total. The minimum absolute atomic E-state index is 0.0783. The Bertz CT molecular complexity index is 2250. The Labute approximate surface area is 634 Å². The number of aliphatic hydroxyl groups excluding tert-OH is 1. The predicted molar refractivity (Wildman–Crippen MR) is 427 cm³/mol. The van der Waals surface area contributed by atoms with Gasteiger partial charge in [-0.15, -0.1) is 0 Å². The predicted octanol–water partition coefficient (Wildman–Crippen LogP) is 24.8. The van der Waals surface area contributed by atoms with Gasteiger partial charge in [0.25, 0.3) is 0 Å². The van der Waals surface area contributed by atoms with E-state index in [1.165, 1.54) is 141 Å². The standard InChI is InChI=1S/C85H154O17P2/c1-5-9-13-17-21-25-29-33-37-38-39-40-44-46-50-54-58-62-66-70-83(88)96-76-81(102-85(90)72-68-64-60-56-52-48-43-36-32-28-24-20-16-12-8-4)78-100-104(93,94)98-74-79(86)73-97-103(91,92)99-77-80(101-84(89)71-67-63-59-55-51-47-42-35-31-27-23-19-15-11-7-3)75-95-82(87)69-65-61-57-53-49-45-41-34-30-26-22-18-14-10-6-2/h21,24-25,28,33-34,36-37,39-41,43,79-81,86H,5-20,22-23,26-27,29-32,35,38,42,44-78H2,1-4H3,(H,91,92)(H,93,94)/b25-21-,28-24-,37-33-,40-39-,41-34-,43-36-. The van der Waals surface area contributed by atoms with E-state index in [0.29, 0.717) is 25.7 Å². The Morgan fingerprint density at radius 2 is 0.471 bits per heavy atom. The van der Waals surface area contributed by atoms with Crippen LogP contribution in [0.5, 0.6) is 0 Å². The van der Waals surface area contributed by atoms with Gasteiger partial charge in [0.15, 0.2) is 12.2 Å². The molecule has 104 heavy (non-hydrogen) atoms. The topological polar surface area (TPSA) is 237 Å². The van der Waals surface area contributed by atoms with Crippen molar-refractivity contribution in [1.29, 1.82) is 0 Å². The highest BCUT2D eigenvalue weighted by atomic mass is 31.2. The maximum Gasteiger partial charge on any atom is 0.472 e. The molecule has 0 aliphatic rings. The third-order valence-corrected chi connectivity index (χ3v) is 20.0. The van der Waals surface area contributed by atoms with E-state index in [9.17, 15) is 43.2 Å². The number of unbranched alkanes of at least 4 members (excludes halogenated alkanes) is 42. The molecule has 0 saturated carbocycles. The minimum Gasteiger partial charge on any atom is -0.462 e. The van der Waals surface area contributed by atoms with Crippen molar-refractivity contribution in [2.24, 2.45) is 0 Å². The lowest BCUT2D eigenvalue weighted by Crippen LogP contribution is -2.30. The van der Waals surface area contributed by atoms with Crippen LogP contribution in [0.2, 0.25) is 0 Å². The molecule has 0 spiro atoms. The largest absolute Gasteiger partial charge is 0.472 e. The molecule has 5 atom stereocenters. The first-order chi connectivity index (χ1) is 50.7. The van der Waals surface area contributed by atoms with Crippen molar-refractivity contribution in [1.82, 2.24) is 0 Å². The highest BCUT2D eigenvalue weighted by molar-refractivity contribution is 7.47. The Hall–Kier alpha value is -3.50. The normalized spacial score (nSPS) is 14.2. The Balaban J connectivity index is 5.35. The van der Waals surface area contributed by atoms with Gasteiger partial charge < -0.3 is 33.8 Å². The molecule has 0 aromatic carbocycles. The van der Waals surface area contributed by atoms with Crippen molar-refractivity contribution in [2.45, 2.75) is 406 Å². The van der Waals surface area contributed by atoms with Gasteiger partial charge in [0.05, 0.1) is 26.4 Å². The van der Waals surface area contributed by atoms with Crippen LogP contribution in [0.15, 0.2) is 72.9 Å². The molecular weight excluding hydrogens is 1350 g/mol. The van der Waals surface area contributed by atoms with E-state index in [-0.39, 0.29) is 25.7 Å². The molecule has 0 aromatic rings. The van der Waals surface area contributed by atoms with E-state index in [1.54, 1.807) is 0 Å². The van der Waals surface area contributed by atoms with Crippen LogP contribution < -0.4 is 0 Å². The zero-order valence-corrected chi connectivity index (χ0v) is 68.2. The summed E-state index contributed by atoms with van der Waals surface area (Å²) in [5.41, 5.74) is 0. The van der Waals surface area contributed by atoms with E-state index in [0.717, 1.165) is 167 Å². The number of carbonyl (C=O) groups is 4. The summed E-state index contributed by atoms with van der Waals surface area (Å²) < 4.78 is 68.7. The van der Waals surface area contributed by atoms with Gasteiger partial charge in [0.2, 0.25) is 0 Å². The van der Waals surface area contributed by atoms with E-state index in [4.69, 9.17) is 37.0 Å². The van der Waals surface area contributed by atoms with E-state index < -0.39 is 97.5 Å². The Morgan fingerprint density at radius 1 is 0.269 bits per heavy atom. The van der Waals surface area contributed by atoms with Crippen molar-refractivity contribution in [3.05, 3.63) is 72.9 Å². The Kier molecular flexibility index (Phi) is 75.0. The summed E-state index contributed by atoms with van der Waals surface area (Å²) in [6, 6.07) is 0. The van der Waals surface area contributed by atoms with Crippen LogP contribution in [-0.2, 0) is 65.4 Å². The molecule has 0 rings (SSSR count). The van der Waals surface area contributed by atoms with Crippen molar-refractivity contribution in [3.63, 3.8) is 0 Å². The maximum absolute atomic E-state index is 13.1. The second-order valence-corrected chi connectivity index (χ2v) is 31.3. The quantitative estimate of drug-likeness (QED) is 0.0169. The van der Waals surface area contributed by atoms with Crippen LogP contribution >= 0.6 is 15.6 Å². The molecular formula is C85H154O17P2. The second kappa shape index (κ2) is 77.7. The molecule has 0 saturated heterocycles. The van der Waals surface area contributed by atoms with Gasteiger partial charge in [-0.1, -0.05) is 312 Å². The summed E-state index contributed by atoms with van der Waals surface area (Å²) in [6.07, 6.45) is 80.0. The average Bonchev–Trinajstić information content (AvgIpc) is 0.918. The third-order valence-electron chi connectivity index (χ3n) is 18.1. The number of phosphoric acid groups is 2. The summed E-state index contributed by atoms with van der Waals surface area (Å²) in [4.78, 5) is 73.1. The van der Waals surface area contributed by atoms with Gasteiger partial charge in [-0.3, -0.25) is 37.3 Å². The summed E-state index contributed by atoms with van der Waals surface area (Å²) in [5.74, 6) is -2.18. The maximum atomic E-state index is 13.1. The van der Waals surface area contributed by atoms with Crippen molar-refractivity contribution >= 4 is 39.5 Å². The molecule has 0 radical (unpaired) electrons. The van der Waals surface area contributed by atoms with Gasteiger partial charge in [-0.05, 0) is 122 Å². The number of hydrogen-bond acceptors (Lipinski definition) is 15. The fourth-order valence-electron chi connectivity index (χ4n) is 11.7. The molecule has 0 bridgehead atoms. The van der Waals surface area contributed by atoms with Crippen molar-refractivity contribution < 1.29 is 80.2 Å². The number of allylic oxidation sites excluding steroid dienone is 12. The lowest BCUT2D eigenvalue weighted by atomic mass is 10.0. The number of hydrogen-bond donors (Lipinski definition) is 3. The molecule has 0 aliphatic heterocycles. The zero-order valence-electron chi connectivity index (χ0n) is 66.5. The van der Waals surface area contributed by atoms with Crippen LogP contribution in [0.3, 0.4) is 0 Å². The molecule has 0 fully saturated rings. The fourth-order valence-corrected chi connectivity index (χ4v) is 13.2. The van der Waals surface area contributed by atoms with E-state index >= 15 is 0 Å². The second-order valence-electron chi connectivity index (χ2n) is 28.4. The van der Waals surface area contributed by atoms with Gasteiger partial charge in [-0.2, -0.15) is 0 Å². The number of aliphatic hydroxyl groups is 1. The van der Waals surface area contributed by atoms with Crippen LogP contribution in [0, 0.1) is 0 Å². The number of phosphoric ester groups is 2. The van der Waals surface area contributed by atoms with Gasteiger partial charge in [0.1, 0.15) is 19.3 Å². The summed E-state index contributed by atoms with van der Waals surface area (Å²) >= 11 is 0. The van der Waals surface area contributed by atoms with E-state index in [2.05, 4.69) is 101 Å². The number of carbonyl (C=O) groups excluding carboxylic acids is 4. The van der Waals surface area contributed by atoms with Crippen molar-refractivity contribution in [2.75, 3.05) is 39.6 Å². The van der Waals surface area contributed by atoms with E-state index in [1.807, 2.05) is 0 Å². The molecule has 0 amide bonds. The first-order valence-electron chi connectivity index (χ1n) is 42.2. The smallest absolute Gasteiger partial charge is 0.462 e. The van der Waals surface area contributed by atoms with Gasteiger partial charge >= 0.3 is 39.5 Å². The number of rotatable bonds is 80. The minimum atomic E-state index is -4.98. The highest BCUT2D eigenvalue weighted by Gasteiger charge is 2.30. The van der Waals surface area contributed by atoms with Gasteiger partial charge in [0, 0.05) is 25.7 Å². The van der Waals surface area contributed by atoms with Crippen LogP contribution in [0.4, 0.5) is 0 Å². The third kappa shape index (κ3) is 76.7.